The first kappa shape index (κ1) is 16.4. The van der Waals surface area contributed by atoms with E-state index in [9.17, 15) is 9.59 Å². The fourth-order valence-corrected chi connectivity index (χ4v) is 1.18. The van der Waals surface area contributed by atoms with Crippen LogP contribution in [0.2, 0.25) is 0 Å². The van der Waals surface area contributed by atoms with Gasteiger partial charge in [0.2, 0.25) is 0 Å². The van der Waals surface area contributed by atoms with E-state index in [1.54, 1.807) is 36.4 Å². The van der Waals surface area contributed by atoms with Crippen LogP contribution in [0, 0.1) is 0 Å². The first-order chi connectivity index (χ1) is 7.90. The van der Waals surface area contributed by atoms with Gasteiger partial charge in [-0.05, 0) is 49.3 Å². The molecule has 0 aromatic rings. The number of carbonyl (C=O) groups is 2. The minimum Gasteiger partial charge on any atom is -0.459 e. The molecule has 0 N–H and O–H groups in total. The molecular weight excluding hydrogens is 335 g/mol. The number of hydrogen-bond acceptors (Lipinski definition) is 4. The molecule has 0 aromatic heterocycles. The van der Waals surface area contributed by atoms with Gasteiger partial charge in [-0.2, -0.15) is 0 Å². The van der Waals surface area contributed by atoms with Crippen LogP contribution in [-0.4, -0.2) is 24.1 Å². The fraction of sp³-hybridized carbons (Fsp3) is 0.667. The van der Waals surface area contributed by atoms with Crippen LogP contribution < -0.4 is 0 Å². The monoisotopic (exact) mass is 354 g/mol. The third-order valence-electron chi connectivity index (χ3n) is 2.21. The van der Waals surface area contributed by atoms with Gasteiger partial charge in [-0.1, -0.05) is 13.8 Å². The topological polar surface area (TPSA) is 52.6 Å². The van der Waals surface area contributed by atoms with E-state index in [0.717, 1.165) is 18.9 Å². The molecule has 0 aliphatic rings. The lowest BCUT2D eigenvalue weighted by atomic mass is 10.3. The average molecular weight is 354 g/mol. The van der Waals surface area contributed by atoms with Crippen molar-refractivity contribution in [2.75, 3.05) is 0 Å². The number of carbonyl (C=O) groups excluding carboxylic acids is 2. The van der Waals surface area contributed by atoms with E-state index in [2.05, 4.69) is 0 Å². The predicted octanol–water partition coefficient (Wildman–Crippen LogP) is 2.99. The number of hydrogen-bond donors (Lipinski definition) is 0. The van der Waals surface area contributed by atoms with Gasteiger partial charge in [-0.3, -0.25) is 0 Å². The molecule has 2 unspecified atom stereocenters. The summed E-state index contributed by atoms with van der Waals surface area (Å²) in [5, 5.41) is 0. The lowest BCUT2D eigenvalue weighted by Gasteiger charge is -2.11. The highest BCUT2D eigenvalue weighted by atomic mass is 127. The molecule has 2 atom stereocenters. The second kappa shape index (κ2) is 8.49. The van der Waals surface area contributed by atoms with Crippen molar-refractivity contribution in [3.05, 3.63) is 9.66 Å². The molecule has 0 spiro atoms. The predicted molar refractivity (Wildman–Crippen MR) is 73.8 cm³/mol. The summed E-state index contributed by atoms with van der Waals surface area (Å²) in [5.41, 5.74) is 0. The third-order valence-corrected chi connectivity index (χ3v) is 2.97. The summed E-state index contributed by atoms with van der Waals surface area (Å²) >= 11 is 1.78. The average Bonchev–Trinajstić information content (AvgIpc) is 2.28. The number of esters is 2. The molecule has 0 aromatic carbocycles. The Labute approximate surface area is 116 Å². The summed E-state index contributed by atoms with van der Waals surface area (Å²) < 4.78 is 10.3. The quantitative estimate of drug-likeness (QED) is 0.418. The summed E-state index contributed by atoms with van der Waals surface area (Å²) in [5.74, 6) is -0.995. The first-order valence-corrected chi connectivity index (χ1v) is 6.77. The fourth-order valence-electron chi connectivity index (χ4n) is 0.800. The number of halogens is 1. The van der Waals surface area contributed by atoms with Gasteiger partial charge in [0.1, 0.15) is 3.58 Å². The summed E-state index contributed by atoms with van der Waals surface area (Å²) in [7, 11) is 0. The van der Waals surface area contributed by atoms with E-state index in [-0.39, 0.29) is 15.8 Å². The minimum atomic E-state index is -0.509. The van der Waals surface area contributed by atoms with E-state index in [4.69, 9.17) is 9.47 Å². The smallest absolute Gasteiger partial charge is 0.344 e. The zero-order valence-corrected chi connectivity index (χ0v) is 12.8. The van der Waals surface area contributed by atoms with Gasteiger partial charge in [0.25, 0.3) is 0 Å². The van der Waals surface area contributed by atoms with Gasteiger partial charge in [0.05, 0.1) is 12.2 Å². The van der Waals surface area contributed by atoms with Gasteiger partial charge in [-0.15, -0.1) is 0 Å². The highest BCUT2D eigenvalue weighted by Gasteiger charge is 2.14. The van der Waals surface area contributed by atoms with Crippen LogP contribution in [0.1, 0.15) is 40.5 Å². The summed E-state index contributed by atoms with van der Waals surface area (Å²) in [4.78, 5) is 22.9. The van der Waals surface area contributed by atoms with E-state index >= 15 is 0 Å². The zero-order chi connectivity index (χ0) is 13.4. The molecule has 0 amide bonds. The molecule has 0 aliphatic carbocycles. The molecule has 5 heteroatoms. The van der Waals surface area contributed by atoms with Crippen LogP contribution in [0.5, 0.6) is 0 Å². The molecule has 0 aliphatic heterocycles. The maximum absolute atomic E-state index is 11.5. The Bertz CT molecular complexity index is 299. The van der Waals surface area contributed by atoms with Crippen molar-refractivity contribution in [2.24, 2.45) is 0 Å². The van der Waals surface area contributed by atoms with Crippen LogP contribution in [0.15, 0.2) is 9.66 Å². The van der Waals surface area contributed by atoms with E-state index < -0.39 is 11.9 Å². The molecule has 17 heavy (non-hydrogen) atoms. The Morgan fingerprint density at radius 1 is 1.12 bits per heavy atom. The Kier molecular flexibility index (Phi) is 8.20. The second-order valence-corrected chi connectivity index (χ2v) is 4.93. The van der Waals surface area contributed by atoms with Crippen LogP contribution in [0.3, 0.4) is 0 Å². The molecular formula is C12H19IO4. The van der Waals surface area contributed by atoms with Crippen molar-refractivity contribution in [2.45, 2.75) is 52.7 Å². The van der Waals surface area contributed by atoms with Crippen molar-refractivity contribution >= 4 is 34.5 Å². The SMILES string of the molecule is CCC(C)OC(=O)/C=C(\I)C(=O)OC(C)CC. The van der Waals surface area contributed by atoms with E-state index in [1.807, 2.05) is 13.8 Å². The molecule has 4 nitrogen and oxygen atoms in total. The molecule has 0 bridgehead atoms. The minimum absolute atomic E-state index is 0.145. The number of ether oxygens (including phenoxy) is 2. The van der Waals surface area contributed by atoms with Gasteiger partial charge in [0, 0.05) is 6.08 Å². The lowest BCUT2D eigenvalue weighted by Crippen LogP contribution is -2.16. The Hall–Kier alpha value is -0.590. The number of rotatable bonds is 6. The summed E-state index contributed by atoms with van der Waals surface area (Å²) in [6.07, 6.45) is 2.36. The molecule has 98 valence electrons. The molecule has 0 saturated heterocycles. The van der Waals surface area contributed by atoms with E-state index in [1.165, 1.54) is 0 Å². The third kappa shape index (κ3) is 7.36. The standard InChI is InChI=1S/C12H19IO4/c1-5-8(3)16-11(14)7-10(13)12(15)17-9(4)6-2/h7-9H,5-6H2,1-4H3/b10-7-. The summed E-state index contributed by atoms with van der Waals surface area (Å²) in [6, 6.07) is 0. The summed E-state index contributed by atoms with van der Waals surface area (Å²) in [6.45, 7) is 7.45. The maximum Gasteiger partial charge on any atom is 0.344 e. The van der Waals surface area contributed by atoms with Crippen LogP contribution in [0.4, 0.5) is 0 Å². The van der Waals surface area contributed by atoms with Gasteiger partial charge in [-0.25, -0.2) is 9.59 Å². The highest BCUT2D eigenvalue weighted by Crippen LogP contribution is 2.12. The molecule has 0 fully saturated rings. The van der Waals surface area contributed by atoms with Crippen LogP contribution in [-0.2, 0) is 19.1 Å². The second-order valence-electron chi connectivity index (χ2n) is 3.77. The van der Waals surface area contributed by atoms with Crippen LogP contribution >= 0.6 is 22.6 Å². The largest absolute Gasteiger partial charge is 0.459 e. The zero-order valence-electron chi connectivity index (χ0n) is 10.7. The normalized spacial score (nSPS) is 15.0. The van der Waals surface area contributed by atoms with Gasteiger partial charge >= 0.3 is 11.9 Å². The van der Waals surface area contributed by atoms with Crippen molar-refractivity contribution < 1.29 is 19.1 Å². The first-order valence-electron chi connectivity index (χ1n) is 5.69. The Morgan fingerprint density at radius 3 is 2.06 bits per heavy atom. The van der Waals surface area contributed by atoms with E-state index in [0.29, 0.717) is 0 Å². The molecule has 0 rings (SSSR count). The lowest BCUT2D eigenvalue weighted by molar-refractivity contribution is -0.145. The van der Waals surface area contributed by atoms with Crippen molar-refractivity contribution in [1.29, 1.82) is 0 Å². The van der Waals surface area contributed by atoms with Crippen molar-refractivity contribution in [3.8, 4) is 0 Å². The Morgan fingerprint density at radius 2 is 1.59 bits per heavy atom. The molecule has 0 radical (unpaired) electrons. The van der Waals surface area contributed by atoms with Crippen molar-refractivity contribution in [1.82, 2.24) is 0 Å². The van der Waals surface area contributed by atoms with Crippen LogP contribution in [0.25, 0.3) is 0 Å². The van der Waals surface area contributed by atoms with Crippen molar-refractivity contribution in [3.63, 3.8) is 0 Å². The Balaban J connectivity index is 4.32. The molecule has 0 saturated carbocycles. The van der Waals surface area contributed by atoms with Gasteiger partial charge < -0.3 is 9.47 Å². The van der Waals surface area contributed by atoms with Gasteiger partial charge in [0.15, 0.2) is 0 Å². The molecule has 0 heterocycles. The highest BCUT2D eigenvalue weighted by molar-refractivity contribution is 14.1. The maximum atomic E-state index is 11.5.